The van der Waals surface area contributed by atoms with Crippen molar-refractivity contribution in [3.8, 4) is 0 Å². The number of rotatable bonds is 5. The van der Waals surface area contributed by atoms with Gasteiger partial charge >= 0.3 is 0 Å². The molecule has 0 aliphatic carbocycles. The second-order valence-electron chi connectivity index (χ2n) is 9.15. The van der Waals surface area contributed by atoms with E-state index in [2.05, 4.69) is 58.4 Å². The van der Waals surface area contributed by atoms with Crippen molar-refractivity contribution in [2.24, 2.45) is 11.3 Å². The van der Waals surface area contributed by atoms with Gasteiger partial charge < -0.3 is 9.64 Å². The number of hydrogen-bond donors (Lipinski definition) is 0. The molecule has 0 radical (unpaired) electrons. The number of aromatic nitrogens is 1. The van der Waals surface area contributed by atoms with Crippen LogP contribution in [0, 0.1) is 11.3 Å². The van der Waals surface area contributed by atoms with Crippen molar-refractivity contribution in [2.75, 3.05) is 26.3 Å². The van der Waals surface area contributed by atoms with Crippen molar-refractivity contribution in [3.63, 3.8) is 0 Å². The summed E-state index contributed by atoms with van der Waals surface area (Å²) in [7, 11) is 0. The normalized spacial score (nSPS) is 20.8. The van der Waals surface area contributed by atoms with E-state index in [-0.39, 0.29) is 5.41 Å². The van der Waals surface area contributed by atoms with Crippen LogP contribution in [0.5, 0.6) is 0 Å². The summed E-state index contributed by atoms with van der Waals surface area (Å²) in [5.74, 6) is 0.838. The van der Waals surface area contributed by atoms with Crippen LogP contribution >= 0.6 is 0 Å². The standard InChI is InChI=1S/C27H30N2O2/c30-26(27(12-16-31-17-13-27)19-21-6-2-1-3-7-21)29-15-11-22(20-29)18-23-8-4-10-25-24(23)9-5-14-28-25/h1-10,14,22H,11-13,15-20H2/t22-/m0/s1. The molecule has 0 unspecified atom stereocenters. The van der Waals surface area contributed by atoms with Gasteiger partial charge in [-0.3, -0.25) is 9.78 Å². The number of amides is 1. The maximum atomic E-state index is 13.8. The average Bonchev–Trinajstić information content (AvgIpc) is 3.28. The van der Waals surface area contributed by atoms with Crippen molar-refractivity contribution in [3.05, 3.63) is 78.0 Å². The number of nitrogens with zero attached hydrogens (tertiary/aromatic N) is 2. The SMILES string of the molecule is O=C(N1CC[C@@H](Cc2cccc3ncccc23)C1)C1(Cc2ccccc2)CCOCC1. The van der Waals surface area contributed by atoms with Crippen LogP contribution in [0.4, 0.5) is 0 Å². The Balaban J connectivity index is 1.31. The van der Waals surface area contributed by atoms with Crippen LogP contribution in [0.15, 0.2) is 66.9 Å². The van der Waals surface area contributed by atoms with Gasteiger partial charge in [0, 0.05) is 37.9 Å². The molecule has 0 bridgehead atoms. The molecule has 5 rings (SSSR count). The zero-order chi connectivity index (χ0) is 21.1. The second kappa shape index (κ2) is 8.80. The third-order valence-corrected chi connectivity index (χ3v) is 7.11. The summed E-state index contributed by atoms with van der Waals surface area (Å²) < 4.78 is 5.64. The van der Waals surface area contributed by atoms with E-state index in [4.69, 9.17) is 4.74 Å². The molecule has 4 heteroatoms. The Labute approximate surface area is 184 Å². The van der Waals surface area contributed by atoms with Gasteiger partial charge in [-0.05, 0) is 61.3 Å². The van der Waals surface area contributed by atoms with Crippen molar-refractivity contribution >= 4 is 16.8 Å². The fraction of sp³-hybridized carbons (Fsp3) is 0.407. The molecule has 0 N–H and O–H groups in total. The van der Waals surface area contributed by atoms with Gasteiger partial charge in [-0.2, -0.15) is 0 Å². The lowest BCUT2D eigenvalue weighted by atomic mass is 9.74. The maximum absolute atomic E-state index is 13.8. The molecule has 2 aliphatic heterocycles. The highest BCUT2D eigenvalue weighted by molar-refractivity contribution is 5.84. The fourth-order valence-electron chi connectivity index (χ4n) is 5.39. The number of likely N-dealkylation sites (tertiary alicyclic amines) is 1. The lowest BCUT2D eigenvalue weighted by molar-refractivity contribution is -0.147. The maximum Gasteiger partial charge on any atom is 0.229 e. The van der Waals surface area contributed by atoms with Crippen molar-refractivity contribution in [1.29, 1.82) is 0 Å². The number of pyridine rings is 1. The highest BCUT2D eigenvalue weighted by atomic mass is 16.5. The first-order valence-corrected chi connectivity index (χ1v) is 11.5. The van der Waals surface area contributed by atoms with Crippen LogP contribution in [-0.4, -0.2) is 42.1 Å². The summed E-state index contributed by atoms with van der Waals surface area (Å²) in [6, 6.07) is 21.0. The zero-order valence-electron chi connectivity index (χ0n) is 18.0. The molecule has 31 heavy (non-hydrogen) atoms. The lowest BCUT2D eigenvalue weighted by Gasteiger charge is -2.39. The molecule has 3 aromatic rings. The molecule has 1 atom stereocenters. The Morgan fingerprint density at radius 3 is 2.71 bits per heavy atom. The number of fused-ring (bicyclic) bond motifs is 1. The minimum Gasteiger partial charge on any atom is -0.381 e. The van der Waals surface area contributed by atoms with Crippen molar-refractivity contribution in [1.82, 2.24) is 9.88 Å². The minimum absolute atomic E-state index is 0.322. The predicted octanol–water partition coefficient (Wildman–Crippen LogP) is 4.67. The summed E-state index contributed by atoms with van der Waals surface area (Å²) in [4.78, 5) is 20.4. The molecule has 160 valence electrons. The molecular weight excluding hydrogens is 384 g/mol. The largest absolute Gasteiger partial charge is 0.381 e. The average molecular weight is 415 g/mol. The Morgan fingerprint density at radius 2 is 1.87 bits per heavy atom. The summed E-state index contributed by atoms with van der Waals surface area (Å²) >= 11 is 0. The molecular formula is C27H30N2O2. The van der Waals surface area contributed by atoms with E-state index in [1.807, 2.05) is 18.3 Å². The highest BCUT2D eigenvalue weighted by Gasteiger charge is 2.44. The Kier molecular flexibility index (Phi) is 5.73. The minimum atomic E-state index is -0.322. The summed E-state index contributed by atoms with van der Waals surface area (Å²) in [5, 5.41) is 1.24. The van der Waals surface area contributed by atoms with Gasteiger partial charge in [-0.15, -0.1) is 0 Å². The van der Waals surface area contributed by atoms with Crippen LogP contribution in [0.2, 0.25) is 0 Å². The van der Waals surface area contributed by atoms with Gasteiger partial charge in [-0.25, -0.2) is 0 Å². The first-order chi connectivity index (χ1) is 15.2. The molecule has 2 aliphatic rings. The summed E-state index contributed by atoms with van der Waals surface area (Å²) in [5.41, 5.74) is 3.32. The van der Waals surface area contributed by atoms with Crippen LogP contribution in [0.25, 0.3) is 10.9 Å². The summed E-state index contributed by atoms with van der Waals surface area (Å²) in [6.45, 7) is 3.08. The quantitative estimate of drug-likeness (QED) is 0.610. The van der Waals surface area contributed by atoms with Gasteiger partial charge in [0.1, 0.15) is 0 Å². The van der Waals surface area contributed by atoms with Gasteiger partial charge in [0.2, 0.25) is 5.91 Å². The molecule has 3 heterocycles. The van der Waals surface area contributed by atoms with Gasteiger partial charge in [0.25, 0.3) is 0 Å². The highest BCUT2D eigenvalue weighted by Crippen LogP contribution is 2.38. The topological polar surface area (TPSA) is 42.4 Å². The first kappa shape index (κ1) is 20.2. The van der Waals surface area contributed by atoms with E-state index in [0.717, 1.165) is 50.7 Å². The number of carbonyl (C=O) groups is 1. The van der Waals surface area contributed by atoms with E-state index in [9.17, 15) is 4.79 Å². The van der Waals surface area contributed by atoms with E-state index in [0.29, 0.717) is 25.0 Å². The van der Waals surface area contributed by atoms with Crippen LogP contribution in [-0.2, 0) is 22.4 Å². The van der Waals surface area contributed by atoms with Crippen LogP contribution in [0.3, 0.4) is 0 Å². The number of carbonyl (C=O) groups excluding carboxylic acids is 1. The van der Waals surface area contributed by atoms with Crippen LogP contribution in [0.1, 0.15) is 30.4 Å². The monoisotopic (exact) mass is 414 g/mol. The molecule has 0 saturated carbocycles. The van der Waals surface area contributed by atoms with Crippen molar-refractivity contribution < 1.29 is 9.53 Å². The van der Waals surface area contributed by atoms with Gasteiger partial charge in [0.05, 0.1) is 10.9 Å². The Bertz CT molecular complexity index is 1040. The summed E-state index contributed by atoms with van der Waals surface area (Å²) in [6.07, 6.45) is 6.37. The smallest absolute Gasteiger partial charge is 0.229 e. The predicted molar refractivity (Wildman–Crippen MR) is 123 cm³/mol. The van der Waals surface area contributed by atoms with E-state index in [1.165, 1.54) is 16.5 Å². The molecule has 1 aromatic heterocycles. The third kappa shape index (κ3) is 4.22. The zero-order valence-corrected chi connectivity index (χ0v) is 18.0. The fourth-order valence-corrected chi connectivity index (χ4v) is 5.39. The molecule has 0 spiro atoms. The Morgan fingerprint density at radius 1 is 1.03 bits per heavy atom. The van der Waals surface area contributed by atoms with Crippen molar-refractivity contribution in [2.45, 2.75) is 32.1 Å². The number of ether oxygens (including phenoxy) is 1. The number of hydrogen-bond acceptors (Lipinski definition) is 3. The first-order valence-electron chi connectivity index (χ1n) is 11.5. The molecule has 4 nitrogen and oxygen atoms in total. The van der Waals surface area contributed by atoms with E-state index in [1.54, 1.807) is 0 Å². The lowest BCUT2D eigenvalue weighted by Crippen LogP contribution is -2.47. The second-order valence-corrected chi connectivity index (χ2v) is 9.15. The number of benzene rings is 2. The Hall–Kier alpha value is -2.72. The molecule has 2 aromatic carbocycles. The molecule has 2 saturated heterocycles. The van der Waals surface area contributed by atoms with Crippen LogP contribution < -0.4 is 0 Å². The van der Waals surface area contributed by atoms with Gasteiger partial charge in [-0.1, -0.05) is 48.5 Å². The van der Waals surface area contributed by atoms with Gasteiger partial charge in [0.15, 0.2) is 0 Å². The van der Waals surface area contributed by atoms with E-state index < -0.39 is 0 Å². The molecule has 1 amide bonds. The van der Waals surface area contributed by atoms with E-state index >= 15 is 0 Å². The molecule has 2 fully saturated rings. The third-order valence-electron chi connectivity index (χ3n) is 7.11.